The summed E-state index contributed by atoms with van der Waals surface area (Å²) in [6.07, 6.45) is 1.47. The molecule has 0 saturated heterocycles. The number of hydrogen-bond donors (Lipinski definition) is 3. The van der Waals surface area contributed by atoms with E-state index >= 15 is 0 Å². The van der Waals surface area contributed by atoms with Gasteiger partial charge in [0.2, 0.25) is 17.7 Å². The van der Waals surface area contributed by atoms with Gasteiger partial charge < -0.3 is 21.1 Å². The Bertz CT molecular complexity index is 1060. The number of primary amides is 1. The summed E-state index contributed by atoms with van der Waals surface area (Å²) in [5, 5.41) is 5.45. The highest BCUT2D eigenvalue weighted by molar-refractivity contribution is 6.04. The number of carbonyl (C=O) groups is 3. The van der Waals surface area contributed by atoms with Gasteiger partial charge in [-0.05, 0) is 42.0 Å². The van der Waals surface area contributed by atoms with E-state index in [1.807, 2.05) is 0 Å². The summed E-state index contributed by atoms with van der Waals surface area (Å²) in [6, 6.07) is 16.6. The van der Waals surface area contributed by atoms with Crippen LogP contribution >= 0.6 is 0 Å². The fraction of sp³-hybridized carbons (Fsp3) is 0.0909. The third kappa shape index (κ3) is 5.65. The largest absolute Gasteiger partial charge is 0.439 e. The molecule has 3 amide bonds. The molecule has 0 bridgehead atoms. The molecule has 0 aliphatic rings. The molecule has 3 rings (SSSR count). The summed E-state index contributed by atoms with van der Waals surface area (Å²) in [5.74, 6) is -0.218. The van der Waals surface area contributed by atoms with Crippen LogP contribution in [-0.2, 0) is 11.3 Å². The highest BCUT2D eigenvalue weighted by Crippen LogP contribution is 2.21. The van der Waals surface area contributed by atoms with Gasteiger partial charge in [0.15, 0.2) is 0 Å². The second-order valence-electron chi connectivity index (χ2n) is 6.44. The van der Waals surface area contributed by atoms with E-state index in [0.717, 1.165) is 5.56 Å². The van der Waals surface area contributed by atoms with E-state index in [2.05, 4.69) is 15.6 Å². The molecule has 1 heterocycles. The van der Waals surface area contributed by atoms with Crippen LogP contribution in [0.2, 0.25) is 0 Å². The van der Waals surface area contributed by atoms with Gasteiger partial charge in [-0.2, -0.15) is 0 Å². The van der Waals surface area contributed by atoms with Gasteiger partial charge in [-0.15, -0.1) is 0 Å². The van der Waals surface area contributed by atoms with Gasteiger partial charge in [0.1, 0.15) is 5.75 Å². The number of nitrogens with zero attached hydrogens (tertiary/aromatic N) is 1. The van der Waals surface area contributed by atoms with E-state index in [9.17, 15) is 14.4 Å². The van der Waals surface area contributed by atoms with Crippen molar-refractivity contribution >= 4 is 23.4 Å². The first kappa shape index (κ1) is 20.5. The van der Waals surface area contributed by atoms with Crippen molar-refractivity contribution in [3.63, 3.8) is 0 Å². The Labute approximate surface area is 173 Å². The number of ether oxygens (including phenoxy) is 1. The number of nitrogens with one attached hydrogen (secondary N) is 2. The molecule has 1 aromatic heterocycles. The van der Waals surface area contributed by atoms with Gasteiger partial charge in [-0.1, -0.05) is 18.2 Å². The molecule has 8 nitrogen and oxygen atoms in total. The molecule has 30 heavy (non-hydrogen) atoms. The van der Waals surface area contributed by atoms with E-state index in [1.165, 1.54) is 19.2 Å². The molecule has 2 aromatic carbocycles. The molecule has 152 valence electrons. The van der Waals surface area contributed by atoms with Crippen LogP contribution in [0, 0.1) is 0 Å². The smallest absolute Gasteiger partial charge is 0.255 e. The Morgan fingerprint density at radius 2 is 1.77 bits per heavy atom. The third-order valence-corrected chi connectivity index (χ3v) is 4.09. The minimum absolute atomic E-state index is 0.114. The normalized spacial score (nSPS) is 10.2. The van der Waals surface area contributed by atoms with E-state index in [1.54, 1.807) is 54.6 Å². The average Bonchev–Trinajstić information content (AvgIpc) is 2.74. The van der Waals surface area contributed by atoms with Crippen molar-refractivity contribution in [3.05, 3.63) is 83.6 Å². The zero-order valence-corrected chi connectivity index (χ0v) is 16.2. The van der Waals surface area contributed by atoms with Crippen molar-refractivity contribution in [2.24, 2.45) is 5.73 Å². The van der Waals surface area contributed by atoms with Crippen LogP contribution in [0.5, 0.6) is 11.6 Å². The molecule has 0 radical (unpaired) electrons. The van der Waals surface area contributed by atoms with Gasteiger partial charge in [0.05, 0.1) is 11.9 Å². The molecule has 0 unspecified atom stereocenters. The summed E-state index contributed by atoms with van der Waals surface area (Å²) in [4.78, 5) is 38.7. The molecule has 8 heteroatoms. The lowest BCUT2D eigenvalue weighted by Crippen LogP contribution is -2.19. The second-order valence-corrected chi connectivity index (χ2v) is 6.44. The first-order valence-electron chi connectivity index (χ1n) is 9.09. The predicted octanol–water partition coefficient (Wildman–Crippen LogP) is 2.86. The van der Waals surface area contributed by atoms with Gasteiger partial charge >= 0.3 is 0 Å². The number of rotatable bonds is 7. The Balaban J connectivity index is 1.60. The van der Waals surface area contributed by atoms with Crippen molar-refractivity contribution in [3.8, 4) is 11.6 Å². The van der Waals surface area contributed by atoms with Crippen molar-refractivity contribution in [1.29, 1.82) is 0 Å². The molecule has 4 N–H and O–H groups in total. The molecular formula is C22H20N4O4. The lowest BCUT2D eigenvalue weighted by atomic mass is 10.1. The lowest BCUT2D eigenvalue weighted by molar-refractivity contribution is -0.119. The van der Waals surface area contributed by atoms with E-state index in [4.69, 9.17) is 10.5 Å². The van der Waals surface area contributed by atoms with Crippen LogP contribution in [-0.4, -0.2) is 22.7 Å². The third-order valence-electron chi connectivity index (χ3n) is 4.09. The second kappa shape index (κ2) is 9.33. The minimum Gasteiger partial charge on any atom is -0.439 e. The topological polar surface area (TPSA) is 123 Å². The van der Waals surface area contributed by atoms with Gasteiger partial charge in [-0.25, -0.2) is 4.98 Å². The molecule has 0 saturated carbocycles. The maximum atomic E-state index is 12.4. The fourth-order valence-corrected chi connectivity index (χ4v) is 2.55. The van der Waals surface area contributed by atoms with E-state index < -0.39 is 5.91 Å². The maximum Gasteiger partial charge on any atom is 0.255 e. The lowest BCUT2D eigenvalue weighted by Gasteiger charge is -2.08. The number of nitrogens with two attached hydrogens (primary N) is 1. The Hall–Kier alpha value is -4.20. The summed E-state index contributed by atoms with van der Waals surface area (Å²) >= 11 is 0. The van der Waals surface area contributed by atoms with E-state index in [0.29, 0.717) is 35.0 Å². The first-order valence-corrected chi connectivity index (χ1v) is 9.09. The summed E-state index contributed by atoms with van der Waals surface area (Å²) in [7, 11) is 0. The number of carbonyl (C=O) groups excluding carboxylic acids is 3. The summed E-state index contributed by atoms with van der Waals surface area (Å²) in [6.45, 7) is 1.86. The van der Waals surface area contributed by atoms with Crippen LogP contribution in [0.25, 0.3) is 0 Å². The molecular weight excluding hydrogens is 384 g/mol. The number of benzene rings is 2. The number of amides is 3. The van der Waals surface area contributed by atoms with Crippen LogP contribution < -0.4 is 21.1 Å². The Morgan fingerprint density at radius 1 is 1.00 bits per heavy atom. The predicted molar refractivity (Wildman–Crippen MR) is 111 cm³/mol. The monoisotopic (exact) mass is 404 g/mol. The standard InChI is InChI=1S/C22H20N4O4/c1-14(27)24-12-15-5-7-16(8-6-15)22(29)26-18-9-10-20(25-13-18)30-19-4-2-3-17(11-19)21(23)28/h2-11,13H,12H2,1H3,(H2,23,28)(H,24,27)(H,26,29). The van der Waals surface area contributed by atoms with Crippen molar-refractivity contribution < 1.29 is 19.1 Å². The zero-order chi connectivity index (χ0) is 21.5. The Kier molecular flexibility index (Phi) is 6.39. The summed E-state index contributed by atoms with van der Waals surface area (Å²) in [5.41, 5.74) is 7.46. The number of anilines is 1. The van der Waals surface area contributed by atoms with Crippen molar-refractivity contribution in [1.82, 2.24) is 10.3 Å². The SMILES string of the molecule is CC(=O)NCc1ccc(C(=O)Nc2ccc(Oc3cccc(C(N)=O)c3)nc2)cc1. The quantitative estimate of drug-likeness (QED) is 0.559. The van der Waals surface area contributed by atoms with Crippen LogP contribution in [0.3, 0.4) is 0 Å². The fourth-order valence-electron chi connectivity index (χ4n) is 2.55. The Morgan fingerprint density at radius 3 is 2.40 bits per heavy atom. The molecule has 0 spiro atoms. The average molecular weight is 404 g/mol. The number of pyridine rings is 1. The molecule has 0 aliphatic carbocycles. The minimum atomic E-state index is -0.547. The highest BCUT2D eigenvalue weighted by Gasteiger charge is 2.08. The summed E-state index contributed by atoms with van der Waals surface area (Å²) < 4.78 is 5.61. The maximum absolute atomic E-state index is 12.4. The van der Waals surface area contributed by atoms with Gasteiger partial charge in [-0.3, -0.25) is 14.4 Å². The van der Waals surface area contributed by atoms with Crippen LogP contribution in [0.1, 0.15) is 33.2 Å². The van der Waals surface area contributed by atoms with Gasteiger partial charge in [0.25, 0.3) is 5.91 Å². The molecule has 0 fully saturated rings. The van der Waals surface area contributed by atoms with Crippen molar-refractivity contribution in [2.75, 3.05) is 5.32 Å². The zero-order valence-electron chi connectivity index (χ0n) is 16.2. The highest BCUT2D eigenvalue weighted by atomic mass is 16.5. The molecule has 3 aromatic rings. The van der Waals surface area contributed by atoms with Crippen molar-refractivity contribution in [2.45, 2.75) is 13.5 Å². The number of hydrogen-bond acceptors (Lipinski definition) is 5. The molecule has 0 aliphatic heterocycles. The van der Waals surface area contributed by atoms with Crippen LogP contribution in [0.4, 0.5) is 5.69 Å². The van der Waals surface area contributed by atoms with E-state index in [-0.39, 0.29) is 11.8 Å². The first-order chi connectivity index (χ1) is 14.4. The van der Waals surface area contributed by atoms with Crippen LogP contribution in [0.15, 0.2) is 66.9 Å². The molecule has 0 atom stereocenters. The van der Waals surface area contributed by atoms with Gasteiger partial charge in [0, 0.05) is 30.7 Å². The number of aromatic nitrogens is 1.